The number of thiazole rings is 1. The Hall–Kier alpha value is -2.73. The van der Waals surface area contributed by atoms with Gasteiger partial charge < -0.3 is 9.30 Å². The van der Waals surface area contributed by atoms with Gasteiger partial charge in [0, 0.05) is 12.1 Å². The van der Waals surface area contributed by atoms with Crippen LogP contribution in [0.2, 0.25) is 0 Å². The fraction of sp³-hybridized carbons (Fsp3) is 0.250. The predicted molar refractivity (Wildman–Crippen MR) is 103 cm³/mol. The lowest BCUT2D eigenvalue weighted by Crippen LogP contribution is -2.15. The number of nitrogens with zero attached hydrogens (tertiary/aromatic N) is 2. The van der Waals surface area contributed by atoms with Crippen LogP contribution in [0.4, 0.5) is 0 Å². The van der Waals surface area contributed by atoms with Gasteiger partial charge in [0.05, 0.1) is 22.4 Å². The van der Waals surface area contributed by atoms with Crippen molar-refractivity contribution in [3.8, 4) is 0 Å². The molecule has 0 aliphatic carbocycles. The summed E-state index contributed by atoms with van der Waals surface area (Å²) in [5.74, 6) is -0.621. The quantitative estimate of drug-likeness (QED) is 0.655. The molecule has 134 valence electrons. The Kier molecular flexibility index (Phi) is 5.32. The summed E-state index contributed by atoms with van der Waals surface area (Å²) in [6.07, 6.45) is 0. The van der Waals surface area contributed by atoms with Crippen molar-refractivity contribution in [3.63, 3.8) is 0 Å². The van der Waals surface area contributed by atoms with Crippen molar-refractivity contribution in [2.75, 3.05) is 6.61 Å². The van der Waals surface area contributed by atoms with E-state index in [1.54, 1.807) is 31.2 Å². The van der Waals surface area contributed by atoms with Gasteiger partial charge in [-0.1, -0.05) is 29.0 Å². The van der Waals surface area contributed by atoms with E-state index < -0.39 is 0 Å². The first-order valence-corrected chi connectivity index (χ1v) is 9.31. The van der Waals surface area contributed by atoms with Crippen LogP contribution in [-0.4, -0.2) is 23.1 Å². The van der Waals surface area contributed by atoms with Crippen molar-refractivity contribution in [1.82, 2.24) is 4.57 Å². The molecule has 0 spiro atoms. The smallest absolute Gasteiger partial charge is 0.338 e. The van der Waals surface area contributed by atoms with Gasteiger partial charge in [-0.05, 0) is 51.1 Å². The first-order valence-electron chi connectivity index (χ1n) is 8.49. The van der Waals surface area contributed by atoms with Gasteiger partial charge in [0.25, 0.3) is 5.91 Å². The number of aryl methyl sites for hydroxylation is 2. The van der Waals surface area contributed by atoms with E-state index >= 15 is 0 Å². The Balaban J connectivity index is 2.06. The molecular formula is C20H20N2O3S. The highest BCUT2D eigenvalue weighted by molar-refractivity contribution is 7.16. The fourth-order valence-corrected chi connectivity index (χ4v) is 3.78. The van der Waals surface area contributed by atoms with E-state index in [-0.39, 0.29) is 11.9 Å². The molecule has 3 rings (SSSR count). The summed E-state index contributed by atoms with van der Waals surface area (Å²) in [5, 5.41) is 0. The van der Waals surface area contributed by atoms with E-state index in [0.29, 0.717) is 29.1 Å². The zero-order chi connectivity index (χ0) is 18.7. The normalized spacial score (nSPS) is 11.7. The largest absolute Gasteiger partial charge is 0.462 e. The molecule has 0 aliphatic heterocycles. The molecule has 0 saturated heterocycles. The number of ether oxygens (including phenoxy) is 1. The third kappa shape index (κ3) is 3.60. The highest BCUT2D eigenvalue weighted by Gasteiger charge is 2.12. The molecule has 0 radical (unpaired) electrons. The minimum Gasteiger partial charge on any atom is -0.462 e. The van der Waals surface area contributed by atoms with E-state index in [1.807, 2.05) is 36.6 Å². The van der Waals surface area contributed by atoms with Crippen LogP contribution in [0.25, 0.3) is 10.2 Å². The number of aromatic nitrogens is 1. The maximum Gasteiger partial charge on any atom is 0.338 e. The minimum absolute atomic E-state index is 0.274. The summed E-state index contributed by atoms with van der Waals surface area (Å²) < 4.78 is 7.92. The SMILES string of the molecule is CCOC(=O)c1ccc2c(c1)sc(=NC(=O)c1ccc(C)cc1)n2CC. The van der Waals surface area contributed by atoms with Crippen LogP contribution in [0.5, 0.6) is 0 Å². The zero-order valence-electron chi connectivity index (χ0n) is 15.0. The van der Waals surface area contributed by atoms with E-state index in [2.05, 4.69) is 4.99 Å². The molecule has 0 unspecified atom stereocenters. The monoisotopic (exact) mass is 368 g/mol. The van der Waals surface area contributed by atoms with Crippen molar-refractivity contribution >= 4 is 33.4 Å². The van der Waals surface area contributed by atoms with E-state index in [0.717, 1.165) is 15.8 Å². The summed E-state index contributed by atoms with van der Waals surface area (Å²) >= 11 is 1.39. The average Bonchev–Trinajstić information content (AvgIpc) is 2.98. The van der Waals surface area contributed by atoms with Crippen molar-refractivity contribution in [3.05, 3.63) is 64.0 Å². The molecule has 1 aromatic heterocycles. The van der Waals surface area contributed by atoms with Crippen molar-refractivity contribution in [1.29, 1.82) is 0 Å². The Morgan fingerprint density at radius 1 is 1.08 bits per heavy atom. The molecule has 3 aromatic rings. The molecule has 1 heterocycles. The molecule has 0 aliphatic rings. The Morgan fingerprint density at radius 2 is 1.77 bits per heavy atom. The molecule has 0 saturated carbocycles. The second-order valence-electron chi connectivity index (χ2n) is 5.81. The van der Waals surface area contributed by atoms with E-state index in [1.165, 1.54) is 11.3 Å². The Bertz CT molecular complexity index is 1030. The minimum atomic E-state index is -0.347. The highest BCUT2D eigenvalue weighted by atomic mass is 32.1. The molecule has 0 N–H and O–H groups in total. The fourth-order valence-electron chi connectivity index (χ4n) is 2.65. The van der Waals surface area contributed by atoms with Gasteiger partial charge in [0.1, 0.15) is 0 Å². The van der Waals surface area contributed by atoms with Gasteiger partial charge in [-0.2, -0.15) is 4.99 Å². The molecular weight excluding hydrogens is 348 g/mol. The van der Waals surface area contributed by atoms with Crippen LogP contribution in [0.15, 0.2) is 47.5 Å². The topological polar surface area (TPSA) is 60.7 Å². The van der Waals surface area contributed by atoms with Gasteiger partial charge >= 0.3 is 5.97 Å². The van der Waals surface area contributed by atoms with Crippen LogP contribution in [0, 0.1) is 6.92 Å². The van der Waals surface area contributed by atoms with Crippen LogP contribution < -0.4 is 4.80 Å². The van der Waals surface area contributed by atoms with Crippen molar-refractivity contribution in [2.45, 2.75) is 27.3 Å². The number of hydrogen-bond acceptors (Lipinski definition) is 4. The lowest BCUT2D eigenvalue weighted by Gasteiger charge is -2.03. The average molecular weight is 368 g/mol. The first kappa shape index (κ1) is 18.1. The number of hydrogen-bond donors (Lipinski definition) is 0. The van der Waals surface area contributed by atoms with Crippen LogP contribution in [0.1, 0.15) is 40.1 Å². The molecule has 2 aromatic carbocycles. The summed E-state index contributed by atoms with van der Waals surface area (Å²) in [6.45, 7) is 6.77. The van der Waals surface area contributed by atoms with Gasteiger partial charge in [-0.25, -0.2) is 4.79 Å². The number of amides is 1. The summed E-state index contributed by atoms with van der Waals surface area (Å²) in [5.41, 5.74) is 3.10. The van der Waals surface area contributed by atoms with Crippen LogP contribution in [0.3, 0.4) is 0 Å². The van der Waals surface area contributed by atoms with Crippen molar-refractivity contribution in [2.24, 2.45) is 4.99 Å². The number of benzene rings is 2. The molecule has 5 nitrogen and oxygen atoms in total. The molecule has 1 amide bonds. The lowest BCUT2D eigenvalue weighted by atomic mass is 10.1. The highest BCUT2D eigenvalue weighted by Crippen LogP contribution is 2.20. The number of fused-ring (bicyclic) bond motifs is 1. The zero-order valence-corrected chi connectivity index (χ0v) is 15.8. The van der Waals surface area contributed by atoms with Crippen LogP contribution in [-0.2, 0) is 11.3 Å². The number of rotatable bonds is 4. The molecule has 26 heavy (non-hydrogen) atoms. The number of esters is 1. The maximum absolute atomic E-state index is 12.5. The second kappa shape index (κ2) is 7.66. The molecule has 0 fully saturated rings. The molecule has 0 bridgehead atoms. The maximum atomic E-state index is 12.5. The lowest BCUT2D eigenvalue weighted by molar-refractivity contribution is 0.0526. The summed E-state index contributed by atoms with van der Waals surface area (Å²) in [7, 11) is 0. The van der Waals surface area contributed by atoms with Crippen molar-refractivity contribution < 1.29 is 14.3 Å². The summed E-state index contributed by atoms with van der Waals surface area (Å²) in [4.78, 5) is 29.3. The standard InChI is InChI=1S/C20H20N2O3S/c1-4-22-16-11-10-15(19(24)25-5-2)12-17(16)26-20(22)21-18(23)14-8-6-13(3)7-9-14/h6-12H,4-5H2,1-3H3. The van der Waals surface area contributed by atoms with Crippen LogP contribution >= 0.6 is 11.3 Å². The van der Waals surface area contributed by atoms with Gasteiger partial charge in [0.15, 0.2) is 4.80 Å². The van der Waals surface area contributed by atoms with Gasteiger partial charge in [-0.3, -0.25) is 4.79 Å². The second-order valence-corrected chi connectivity index (χ2v) is 6.82. The predicted octanol–water partition coefficient (Wildman–Crippen LogP) is 3.95. The molecule has 0 atom stereocenters. The summed E-state index contributed by atoms with van der Waals surface area (Å²) in [6, 6.07) is 12.8. The first-order chi connectivity index (χ1) is 12.5. The third-order valence-corrected chi connectivity index (χ3v) is 5.05. The van der Waals surface area contributed by atoms with Gasteiger partial charge in [0.2, 0.25) is 0 Å². The Morgan fingerprint density at radius 3 is 2.42 bits per heavy atom. The number of carbonyl (C=O) groups is 2. The third-order valence-electron chi connectivity index (χ3n) is 4.01. The van der Waals surface area contributed by atoms with E-state index in [4.69, 9.17) is 4.74 Å². The number of carbonyl (C=O) groups excluding carboxylic acids is 2. The van der Waals surface area contributed by atoms with Gasteiger partial charge in [-0.15, -0.1) is 0 Å². The Labute approximate surface area is 155 Å². The molecule has 6 heteroatoms. The van der Waals surface area contributed by atoms with E-state index in [9.17, 15) is 9.59 Å².